The first kappa shape index (κ1) is 38.3. The summed E-state index contributed by atoms with van der Waals surface area (Å²) in [6.07, 6.45) is 0.195. The van der Waals surface area contributed by atoms with Crippen LogP contribution in [0.2, 0.25) is 0 Å². The molecule has 0 bridgehead atoms. The lowest BCUT2D eigenvalue weighted by atomic mass is 9.92. The molecule has 19 heteroatoms. The van der Waals surface area contributed by atoms with Crippen molar-refractivity contribution in [1.29, 1.82) is 0 Å². The summed E-state index contributed by atoms with van der Waals surface area (Å²) in [4.78, 5) is 118. The fraction of sp³-hybridized carbons (Fsp3) is 0.382. The predicted octanol–water partition coefficient (Wildman–Crippen LogP) is -0.404. The second-order valence-electron chi connectivity index (χ2n) is 12.4. The van der Waals surface area contributed by atoms with Gasteiger partial charge in [0.1, 0.15) is 24.1 Å². The standard InChI is InChI=1S/C34H35N5O13S/c1-5-37-13-14-38(28(45)27(37)44)34(35-17-40,21-9-7-6-8-10-21)32(49)36-24-26(43)39-25(30(46)47)33(4,53-29(24)39)16-50-31(48)20-11-12-22(51-18(2)41)23(15-20)52-19(3)42/h6-12,15,17,24-25,29H,5,13-14,16H2,1-4H3,(H,35,40)(H,36,49)(H,46,47). The van der Waals surface area contributed by atoms with Crippen molar-refractivity contribution in [2.45, 2.75) is 55.6 Å². The van der Waals surface area contributed by atoms with Gasteiger partial charge in [-0.3, -0.25) is 38.5 Å². The van der Waals surface area contributed by atoms with Crippen LogP contribution in [-0.2, 0) is 48.8 Å². The van der Waals surface area contributed by atoms with Crippen LogP contribution in [0.25, 0.3) is 0 Å². The van der Waals surface area contributed by atoms with E-state index in [9.17, 15) is 48.3 Å². The Labute approximate surface area is 306 Å². The van der Waals surface area contributed by atoms with Gasteiger partial charge in [-0.2, -0.15) is 0 Å². The number of fused-ring (bicyclic) bond motifs is 1. The van der Waals surface area contributed by atoms with E-state index in [-0.39, 0.29) is 48.7 Å². The predicted molar refractivity (Wildman–Crippen MR) is 181 cm³/mol. The fourth-order valence-corrected chi connectivity index (χ4v) is 8.17. The van der Waals surface area contributed by atoms with Crippen molar-refractivity contribution in [2.24, 2.45) is 0 Å². The summed E-state index contributed by atoms with van der Waals surface area (Å²) >= 11 is 0.945. The maximum atomic E-state index is 14.3. The smallest absolute Gasteiger partial charge is 0.338 e. The number of thioether (sulfide) groups is 1. The normalized spacial score (nSPS) is 23.2. The number of hydrogen-bond donors (Lipinski definition) is 3. The maximum absolute atomic E-state index is 14.3. The quantitative estimate of drug-likeness (QED) is 0.0776. The first-order chi connectivity index (χ1) is 25.1. The molecule has 3 saturated heterocycles. The highest BCUT2D eigenvalue weighted by atomic mass is 32.2. The number of carboxylic acid groups (broad SMARTS) is 1. The number of nitrogens with one attached hydrogen (secondary N) is 2. The fourth-order valence-electron chi connectivity index (χ4n) is 6.49. The molecule has 0 spiro atoms. The van der Waals surface area contributed by atoms with Crippen molar-refractivity contribution in [1.82, 2.24) is 25.3 Å². The Kier molecular flexibility index (Phi) is 10.8. The Balaban J connectivity index is 1.39. The molecule has 18 nitrogen and oxygen atoms in total. The number of nitrogens with zero attached hydrogens (tertiary/aromatic N) is 3. The molecular formula is C34H35N5O13S. The molecule has 53 heavy (non-hydrogen) atoms. The Morgan fingerprint density at radius 3 is 2.25 bits per heavy atom. The van der Waals surface area contributed by atoms with Gasteiger partial charge in [0.2, 0.25) is 18.0 Å². The van der Waals surface area contributed by atoms with Gasteiger partial charge in [0.05, 0.1) is 10.3 Å². The molecule has 3 N–H and O–H groups in total. The number of hydrogen-bond acceptors (Lipinski definition) is 13. The average Bonchev–Trinajstić information content (AvgIpc) is 3.40. The highest BCUT2D eigenvalue weighted by Crippen LogP contribution is 2.51. The SMILES string of the molecule is CCN1CCN(C(NC=O)(C(=O)NC2C(=O)N3C2SC(C)(COC(=O)c2ccc(OC(C)=O)c(OC(C)=O)c2)C3C(=O)O)c2ccccc2)C(=O)C1=O. The lowest BCUT2D eigenvalue weighted by Crippen LogP contribution is -2.75. The van der Waals surface area contributed by atoms with Crippen molar-refractivity contribution in [3.05, 3.63) is 59.7 Å². The largest absolute Gasteiger partial charge is 0.480 e. The molecule has 5 unspecified atom stereocenters. The zero-order chi connectivity index (χ0) is 38.8. The molecule has 5 atom stereocenters. The van der Waals surface area contributed by atoms with Crippen LogP contribution in [0, 0.1) is 0 Å². The second-order valence-corrected chi connectivity index (χ2v) is 14.0. The summed E-state index contributed by atoms with van der Waals surface area (Å²) < 4.78 is 14.1. The van der Waals surface area contributed by atoms with Crippen LogP contribution in [0.3, 0.4) is 0 Å². The molecule has 0 saturated carbocycles. The highest BCUT2D eigenvalue weighted by molar-refractivity contribution is 8.01. The number of amides is 5. The number of carbonyl (C=O) groups is 9. The van der Waals surface area contributed by atoms with Crippen molar-refractivity contribution >= 4 is 65.7 Å². The number of aliphatic carboxylic acids is 1. The number of β-lactam (4-membered cyclic amide) rings is 1. The lowest BCUT2D eigenvalue weighted by Gasteiger charge is -2.48. The molecule has 2 aromatic carbocycles. The van der Waals surface area contributed by atoms with Crippen LogP contribution in [-0.4, -0.2) is 122 Å². The molecule has 280 valence electrons. The molecular weight excluding hydrogens is 718 g/mol. The van der Waals surface area contributed by atoms with Crippen LogP contribution < -0.4 is 20.1 Å². The van der Waals surface area contributed by atoms with Crippen molar-refractivity contribution in [3.63, 3.8) is 0 Å². The molecule has 3 fully saturated rings. The van der Waals surface area contributed by atoms with Crippen LogP contribution >= 0.6 is 11.8 Å². The number of likely N-dealkylation sites (N-methyl/N-ethyl adjacent to an activating group) is 1. The Morgan fingerprint density at radius 2 is 1.64 bits per heavy atom. The minimum absolute atomic E-state index is 0.0524. The van der Waals surface area contributed by atoms with Gasteiger partial charge in [-0.15, -0.1) is 11.8 Å². The molecule has 5 rings (SSSR count). The Bertz CT molecular complexity index is 1890. The van der Waals surface area contributed by atoms with E-state index >= 15 is 0 Å². The van der Waals surface area contributed by atoms with Gasteiger partial charge in [-0.25, -0.2) is 9.59 Å². The summed E-state index contributed by atoms with van der Waals surface area (Å²) in [5, 5.41) is 14.2. The van der Waals surface area contributed by atoms with Gasteiger partial charge in [-0.1, -0.05) is 30.3 Å². The molecule has 0 aliphatic carbocycles. The van der Waals surface area contributed by atoms with E-state index in [1.54, 1.807) is 25.1 Å². The third-order valence-electron chi connectivity index (χ3n) is 8.91. The minimum atomic E-state index is -2.28. The van der Waals surface area contributed by atoms with Crippen molar-refractivity contribution in [2.75, 3.05) is 26.2 Å². The van der Waals surface area contributed by atoms with E-state index in [0.717, 1.165) is 41.5 Å². The molecule has 3 aliphatic heterocycles. The summed E-state index contributed by atoms with van der Waals surface area (Å²) in [7, 11) is 0. The topological polar surface area (TPSA) is 235 Å². The van der Waals surface area contributed by atoms with Crippen LogP contribution in [0.5, 0.6) is 11.5 Å². The zero-order valence-electron chi connectivity index (χ0n) is 28.9. The van der Waals surface area contributed by atoms with Crippen LogP contribution in [0.4, 0.5) is 0 Å². The number of benzene rings is 2. The van der Waals surface area contributed by atoms with E-state index in [1.807, 2.05) is 0 Å². The first-order valence-corrected chi connectivity index (χ1v) is 17.1. The summed E-state index contributed by atoms with van der Waals surface area (Å²) in [6, 6.07) is 8.34. The first-order valence-electron chi connectivity index (χ1n) is 16.2. The number of esters is 3. The van der Waals surface area contributed by atoms with Gasteiger partial charge >= 0.3 is 35.7 Å². The van der Waals surface area contributed by atoms with Crippen molar-refractivity contribution in [3.8, 4) is 11.5 Å². The average molecular weight is 754 g/mol. The van der Waals surface area contributed by atoms with Crippen molar-refractivity contribution < 1.29 is 62.5 Å². The number of piperazine rings is 1. The van der Waals surface area contributed by atoms with E-state index in [0.29, 0.717) is 0 Å². The lowest BCUT2D eigenvalue weighted by molar-refractivity contribution is -0.169. The Hall–Kier alpha value is -5.98. The van der Waals surface area contributed by atoms with Crippen LogP contribution in [0.15, 0.2) is 48.5 Å². The molecule has 3 heterocycles. The van der Waals surface area contributed by atoms with E-state index in [1.165, 1.54) is 36.1 Å². The van der Waals surface area contributed by atoms with E-state index in [4.69, 9.17) is 14.2 Å². The molecule has 0 aromatic heterocycles. The van der Waals surface area contributed by atoms with Gasteiger partial charge in [0, 0.05) is 39.0 Å². The summed E-state index contributed by atoms with van der Waals surface area (Å²) in [6.45, 7) is 4.96. The Morgan fingerprint density at radius 1 is 0.981 bits per heavy atom. The minimum Gasteiger partial charge on any atom is -0.480 e. The number of ether oxygens (including phenoxy) is 3. The third-order valence-corrected chi connectivity index (χ3v) is 10.5. The molecule has 0 radical (unpaired) electrons. The van der Waals surface area contributed by atoms with Gasteiger partial charge in [0.25, 0.3) is 5.91 Å². The van der Waals surface area contributed by atoms with E-state index in [2.05, 4.69) is 10.6 Å². The number of carbonyl (C=O) groups excluding carboxylic acids is 8. The van der Waals surface area contributed by atoms with Gasteiger partial charge < -0.3 is 39.8 Å². The van der Waals surface area contributed by atoms with E-state index < -0.39 is 82.0 Å². The van der Waals surface area contributed by atoms with Gasteiger partial charge in [-0.05, 0) is 32.0 Å². The summed E-state index contributed by atoms with van der Waals surface area (Å²) in [5.41, 5.74) is -2.30. The summed E-state index contributed by atoms with van der Waals surface area (Å²) in [5.74, 6) is -8.02. The monoisotopic (exact) mass is 753 g/mol. The maximum Gasteiger partial charge on any atom is 0.338 e. The second kappa shape index (κ2) is 14.9. The molecule has 3 aliphatic rings. The number of rotatable bonds is 13. The zero-order valence-corrected chi connectivity index (χ0v) is 29.7. The third kappa shape index (κ3) is 6.98. The molecule has 5 amide bonds. The molecule has 2 aromatic rings. The van der Waals surface area contributed by atoms with Gasteiger partial charge in [0.15, 0.2) is 11.5 Å². The van der Waals surface area contributed by atoms with Crippen LogP contribution in [0.1, 0.15) is 43.6 Å². The highest BCUT2D eigenvalue weighted by Gasteiger charge is 2.67. The number of carboxylic acids is 1.